The van der Waals surface area contributed by atoms with Gasteiger partial charge >= 0.3 is 5.97 Å². The standard InChI is InChI=1S/C13H15ClN2O3/c14-9-1-4-11(5-2-9)16(8-13(18)19)7-10-3-6-12(17)15-10/h1-2,4-5,10H,3,6-8H2,(H,15,17)(H,18,19). The zero-order valence-electron chi connectivity index (χ0n) is 10.3. The van der Waals surface area contributed by atoms with Crippen molar-refractivity contribution in [3.05, 3.63) is 29.3 Å². The van der Waals surface area contributed by atoms with E-state index in [1.54, 1.807) is 29.2 Å². The van der Waals surface area contributed by atoms with Crippen LogP contribution in [-0.4, -0.2) is 36.1 Å². The van der Waals surface area contributed by atoms with Crippen LogP contribution in [-0.2, 0) is 9.59 Å². The summed E-state index contributed by atoms with van der Waals surface area (Å²) in [7, 11) is 0. The summed E-state index contributed by atoms with van der Waals surface area (Å²) in [6.07, 6.45) is 1.24. The number of carboxylic acids is 1. The normalized spacial score (nSPS) is 18.2. The first-order valence-corrected chi connectivity index (χ1v) is 6.44. The minimum absolute atomic E-state index is 0.00234. The highest BCUT2D eigenvalue weighted by atomic mass is 35.5. The number of halogens is 1. The van der Waals surface area contributed by atoms with Gasteiger partial charge in [0.2, 0.25) is 5.91 Å². The number of carbonyl (C=O) groups excluding carboxylic acids is 1. The van der Waals surface area contributed by atoms with Gasteiger partial charge in [0.15, 0.2) is 0 Å². The number of hydrogen-bond donors (Lipinski definition) is 2. The molecule has 1 heterocycles. The van der Waals surface area contributed by atoms with E-state index in [9.17, 15) is 9.59 Å². The molecule has 0 radical (unpaired) electrons. The van der Waals surface area contributed by atoms with Gasteiger partial charge in [-0.2, -0.15) is 0 Å². The Morgan fingerprint density at radius 1 is 1.42 bits per heavy atom. The van der Waals surface area contributed by atoms with Crippen LogP contribution in [0.15, 0.2) is 24.3 Å². The zero-order chi connectivity index (χ0) is 13.8. The number of nitrogens with one attached hydrogen (secondary N) is 1. The second-order valence-electron chi connectivity index (χ2n) is 4.55. The molecule has 1 atom stereocenters. The molecule has 0 spiro atoms. The molecular formula is C13H15ClN2O3. The smallest absolute Gasteiger partial charge is 0.323 e. The van der Waals surface area contributed by atoms with E-state index in [4.69, 9.17) is 16.7 Å². The van der Waals surface area contributed by atoms with Gasteiger partial charge in [0.05, 0.1) is 0 Å². The summed E-state index contributed by atoms with van der Waals surface area (Å²) in [6, 6.07) is 7.00. The molecule has 1 aromatic rings. The average molecular weight is 283 g/mol. The van der Waals surface area contributed by atoms with Crippen molar-refractivity contribution in [3.63, 3.8) is 0 Å². The maximum absolute atomic E-state index is 11.2. The Hall–Kier alpha value is -1.75. The molecule has 102 valence electrons. The van der Waals surface area contributed by atoms with Gasteiger partial charge in [-0.1, -0.05) is 11.6 Å². The van der Waals surface area contributed by atoms with Gasteiger partial charge in [0.1, 0.15) is 6.54 Å². The Bertz CT molecular complexity index is 475. The second-order valence-corrected chi connectivity index (χ2v) is 4.99. The summed E-state index contributed by atoms with van der Waals surface area (Å²) in [5, 5.41) is 12.4. The van der Waals surface area contributed by atoms with Crippen LogP contribution in [0.4, 0.5) is 5.69 Å². The number of nitrogens with zero attached hydrogens (tertiary/aromatic N) is 1. The number of anilines is 1. The van der Waals surface area contributed by atoms with E-state index in [0.29, 0.717) is 18.0 Å². The predicted octanol–water partition coefficient (Wildman–Crippen LogP) is 1.51. The third-order valence-electron chi connectivity index (χ3n) is 3.04. The Morgan fingerprint density at radius 2 is 2.11 bits per heavy atom. The highest BCUT2D eigenvalue weighted by Gasteiger charge is 2.24. The SMILES string of the molecule is O=C(O)CN(CC1CCC(=O)N1)c1ccc(Cl)cc1. The van der Waals surface area contributed by atoms with Crippen molar-refractivity contribution in [2.75, 3.05) is 18.0 Å². The van der Waals surface area contributed by atoms with E-state index in [1.807, 2.05) is 0 Å². The van der Waals surface area contributed by atoms with Crippen LogP contribution in [0.3, 0.4) is 0 Å². The third-order valence-corrected chi connectivity index (χ3v) is 3.30. The van der Waals surface area contributed by atoms with Crippen LogP contribution in [0, 0.1) is 0 Å². The van der Waals surface area contributed by atoms with Crippen LogP contribution in [0.1, 0.15) is 12.8 Å². The van der Waals surface area contributed by atoms with Gasteiger partial charge in [0.25, 0.3) is 0 Å². The number of aliphatic carboxylic acids is 1. The van der Waals surface area contributed by atoms with E-state index >= 15 is 0 Å². The van der Waals surface area contributed by atoms with Crippen LogP contribution in [0.2, 0.25) is 5.02 Å². The van der Waals surface area contributed by atoms with Crippen LogP contribution in [0.5, 0.6) is 0 Å². The lowest BCUT2D eigenvalue weighted by molar-refractivity contribution is -0.135. The lowest BCUT2D eigenvalue weighted by Gasteiger charge is -2.26. The zero-order valence-corrected chi connectivity index (χ0v) is 11.1. The minimum Gasteiger partial charge on any atom is -0.480 e. The molecule has 2 rings (SSSR count). The number of carboxylic acid groups (broad SMARTS) is 1. The Kier molecular flexibility index (Phi) is 4.27. The number of hydrogen-bond acceptors (Lipinski definition) is 3. The Balaban J connectivity index is 2.09. The molecule has 2 N–H and O–H groups in total. The number of carbonyl (C=O) groups is 2. The van der Waals surface area contributed by atoms with Crippen LogP contribution < -0.4 is 10.2 Å². The Morgan fingerprint density at radius 3 is 2.63 bits per heavy atom. The first-order valence-electron chi connectivity index (χ1n) is 6.06. The van der Waals surface area contributed by atoms with Crippen molar-refractivity contribution in [1.29, 1.82) is 0 Å². The molecule has 5 nitrogen and oxygen atoms in total. The van der Waals surface area contributed by atoms with Crippen molar-refractivity contribution < 1.29 is 14.7 Å². The van der Waals surface area contributed by atoms with E-state index in [1.165, 1.54) is 0 Å². The summed E-state index contributed by atoms with van der Waals surface area (Å²) in [5.41, 5.74) is 0.785. The van der Waals surface area contributed by atoms with Gasteiger partial charge in [0, 0.05) is 29.7 Å². The first-order chi connectivity index (χ1) is 9.04. The van der Waals surface area contributed by atoms with E-state index in [0.717, 1.165) is 12.1 Å². The van der Waals surface area contributed by atoms with E-state index in [2.05, 4.69) is 5.32 Å². The molecule has 0 bridgehead atoms. The summed E-state index contributed by atoms with van der Waals surface area (Å²) in [6.45, 7) is 0.383. The van der Waals surface area contributed by atoms with Crippen LogP contribution >= 0.6 is 11.6 Å². The second kappa shape index (κ2) is 5.93. The van der Waals surface area contributed by atoms with Crippen molar-refractivity contribution in [2.24, 2.45) is 0 Å². The lowest BCUT2D eigenvalue weighted by atomic mass is 10.2. The van der Waals surface area contributed by atoms with Gasteiger partial charge in [-0.05, 0) is 30.7 Å². The molecule has 1 aromatic carbocycles. The predicted molar refractivity (Wildman–Crippen MR) is 72.5 cm³/mol. The molecule has 1 amide bonds. The largest absolute Gasteiger partial charge is 0.480 e. The summed E-state index contributed by atoms with van der Waals surface area (Å²) < 4.78 is 0. The minimum atomic E-state index is -0.903. The highest BCUT2D eigenvalue weighted by Crippen LogP contribution is 2.19. The fourth-order valence-electron chi connectivity index (χ4n) is 2.16. The molecule has 19 heavy (non-hydrogen) atoms. The molecule has 1 aliphatic heterocycles. The fourth-order valence-corrected chi connectivity index (χ4v) is 2.28. The average Bonchev–Trinajstić information content (AvgIpc) is 2.74. The molecule has 0 saturated carbocycles. The molecule has 1 saturated heterocycles. The van der Waals surface area contributed by atoms with Gasteiger partial charge in [-0.3, -0.25) is 9.59 Å². The quantitative estimate of drug-likeness (QED) is 0.859. The van der Waals surface area contributed by atoms with Gasteiger partial charge < -0.3 is 15.3 Å². The number of benzene rings is 1. The topological polar surface area (TPSA) is 69.6 Å². The summed E-state index contributed by atoms with van der Waals surface area (Å²) >= 11 is 5.82. The summed E-state index contributed by atoms with van der Waals surface area (Å²) in [5.74, 6) is -0.879. The first kappa shape index (κ1) is 13.7. The number of amides is 1. The highest BCUT2D eigenvalue weighted by molar-refractivity contribution is 6.30. The maximum atomic E-state index is 11.2. The van der Waals surface area contributed by atoms with Crippen molar-refractivity contribution in [1.82, 2.24) is 5.32 Å². The maximum Gasteiger partial charge on any atom is 0.323 e. The third kappa shape index (κ3) is 3.86. The molecule has 1 aliphatic rings. The summed E-state index contributed by atoms with van der Waals surface area (Å²) in [4.78, 5) is 23.8. The Labute approximate surface area is 116 Å². The van der Waals surface area contributed by atoms with Crippen molar-refractivity contribution >= 4 is 29.2 Å². The van der Waals surface area contributed by atoms with E-state index in [-0.39, 0.29) is 18.5 Å². The molecule has 0 aromatic heterocycles. The lowest BCUT2D eigenvalue weighted by Crippen LogP contribution is -2.41. The monoisotopic (exact) mass is 282 g/mol. The molecular weight excluding hydrogens is 268 g/mol. The van der Waals surface area contributed by atoms with E-state index < -0.39 is 5.97 Å². The van der Waals surface area contributed by atoms with Crippen molar-refractivity contribution in [2.45, 2.75) is 18.9 Å². The fraction of sp³-hybridized carbons (Fsp3) is 0.385. The molecule has 6 heteroatoms. The molecule has 1 fully saturated rings. The van der Waals surface area contributed by atoms with Gasteiger partial charge in [-0.25, -0.2) is 0 Å². The number of rotatable bonds is 5. The van der Waals surface area contributed by atoms with Crippen molar-refractivity contribution in [3.8, 4) is 0 Å². The van der Waals surface area contributed by atoms with Crippen LogP contribution in [0.25, 0.3) is 0 Å². The molecule has 1 unspecified atom stereocenters. The molecule has 0 aliphatic carbocycles. The van der Waals surface area contributed by atoms with Gasteiger partial charge in [-0.15, -0.1) is 0 Å².